The van der Waals surface area contributed by atoms with Crippen LogP contribution in [-0.2, 0) is 6.42 Å². The number of thiazole rings is 1. The van der Waals surface area contributed by atoms with Gasteiger partial charge in [-0.15, -0.1) is 29.6 Å². The van der Waals surface area contributed by atoms with Crippen LogP contribution in [0.15, 0.2) is 95.7 Å². The normalized spacial score (nSPS) is 12.2. The highest BCUT2D eigenvalue weighted by Gasteiger charge is 2.31. The van der Waals surface area contributed by atoms with Crippen LogP contribution < -0.4 is 14.9 Å². The van der Waals surface area contributed by atoms with Crippen molar-refractivity contribution in [1.29, 1.82) is 5.26 Å². The minimum atomic E-state index is -4.77. The Balaban J connectivity index is 1.29. The fourth-order valence-corrected chi connectivity index (χ4v) is 5.21. The van der Waals surface area contributed by atoms with E-state index in [4.69, 9.17) is 0 Å². The average Bonchev–Trinajstić information content (AvgIpc) is 3.64. The zero-order valence-electron chi connectivity index (χ0n) is 23.4. The molecule has 1 N–H and O–H groups in total. The van der Waals surface area contributed by atoms with Gasteiger partial charge < -0.3 is 10.1 Å². The quantitative estimate of drug-likeness (QED) is 0.204. The van der Waals surface area contributed by atoms with Gasteiger partial charge in [0.05, 0.1) is 16.9 Å². The topological polar surface area (TPSA) is 110 Å². The Morgan fingerprint density at radius 3 is 2.52 bits per heavy atom. The molecule has 0 unspecified atom stereocenters. The molecule has 0 aliphatic carbocycles. The largest absolute Gasteiger partial charge is 0.573 e. The number of nitriles is 1. The van der Waals surface area contributed by atoms with Gasteiger partial charge in [0.25, 0.3) is 0 Å². The summed E-state index contributed by atoms with van der Waals surface area (Å²) in [6.45, 7) is 4.02. The van der Waals surface area contributed by atoms with Gasteiger partial charge in [0.2, 0.25) is 0 Å². The summed E-state index contributed by atoms with van der Waals surface area (Å²) in [7, 11) is 0. The minimum Gasteiger partial charge on any atom is -0.406 e. The molecule has 5 aromatic rings. The third-order valence-electron chi connectivity index (χ3n) is 6.43. The summed E-state index contributed by atoms with van der Waals surface area (Å²) in [5, 5.41) is 18.6. The van der Waals surface area contributed by atoms with Gasteiger partial charge in [-0.25, -0.2) is 14.5 Å². The molecule has 0 atom stereocenters. The molecule has 44 heavy (non-hydrogen) atoms. The maximum Gasteiger partial charge on any atom is 0.573 e. The number of urea groups is 1. The molecule has 0 saturated carbocycles. The van der Waals surface area contributed by atoms with Crippen LogP contribution in [0, 0.1) is 18.3 Å². The summed E-state index contributed by atoms with van der Waals surface area (Å²) in [5.74, 6) is 0.0253. The number of hydrogen-bond acceptors (Lipinski definition) is 6. The molecule has 3 aromatic carbocycles. The second kappa shape index (κ2) is 12.8. The SMILES string of the molecule is CCc1ccccc1-n1c(C)csc1=NC(=O)N/C=C(\C#N)c1ccc(-c2ncn(-c3ccc(OC(F)(F)F)cc3)n2)cc1. The number of nitrogens with one attached hydrogen (secondary N) is 1. The average molecular weight is 616 g/mol. The lowest BCUT2D eigenvalue weighted by molar-refractivity contribution is -0.274. The van der Waals surface area contributed by atoms with Gasteiger partial charge in [0.15, 0.2) is 10.6 Å². The van der Waals surface area contributed by atoms with Crippen LogP contribution in [0.2, 0.25) is 0 Å². The summed E-state index contributed by atoms with van der Waals surface area (Å²) in [5.41, 5.74) is 4.93. The van der Waals surface area contributed by atoms with Crippen molar-refractivity contribution < 1.29 is 22.7 Å². The van der Waals surface area contributed by atoms with Gasteiger partial charge in [0.1, 0.15) is 18.1 Å². The molecule has 0 spiro atoms. The fraction of sp³-hybridized carbons (Fsp3) is 0.129. The molecule has 2 heterocycles. The molecular formula is C31H24F3N7O2S. The molecule has 13 heteroatoms. The number of aryl methyl sites for hydroxylation is 2. The highest BCUT2D eigenvalue weighted by Crippen LogP contribution is 2.25. The number of aromatic nitrogens is 4. The number of alkyl halides is 3. The predicted molar refractivity (Wildman–Crippen MR) is 159 cm³/mol. The van der Waals surface area contributed by atoms with Crippen LogP contribution in [0.25, 0.3) is 28.3 Å². The summed E-state index contributed by atoms with van der Waals surface area (Å²) < 4.78 is 44.5. The van der Waals surface area contributed by atoms with Gasteiger partial charge in [-0.1, -0.05) is 49.4 Å². The Bertz CT molecular complexity index is 1930. The number of carbonyl (C=O) groups excluding carboxylic acids is 1. The first-order chi connectivity index (χ1) is 21.1. The van der Waals surface area contributed by atoms with Crippen molar-refractivity contribution in [2.75, 3.05) is 0 Å². The van der Waals surface area contributed by atoms with E-state index >= 15 is 0 Å². The Hall–Kier alpha value is -5.48. The molecule has 0 aliphatic rings. The lowest BCUT2D eigenvalue weighted by Crippen LogP contribution is -2.22. The monoisotopic (exact) mass is 615 g/mol. The van der Waals surface area contributed by atoms with E-state index in [2.05, 4.69) is 38.1 Å². The van der Waals surface area contributed by atoms with Gasteiger partial charge in [-0.2, -0.15) is 10.3 Å². The van der Waals surface area contributed by atoms with Crippen molar-refractivity contribution in [3.8, 4) is 34.6 Å². The zero-order chi connectivity index (χ0) is 31.3. The first-order valence-corrected chi connectivity index (χ1v) is 14.1. The number of carbonyl (C=O) groups is 1. The van der Waals surface area contributed by atoms with Crippen LogP contribution >= 0.6 is 11.3 Å². The Kier molecular flexibility index (Phi) is 8.73. The molecule has 222 valence electrons. The molecule has 0 saturated heterocycles. The van der Waals surface area contributed by atoms with Crippen molar-refractivity contribution in [3.05, 3.63) is 112 Å². The van der Waals surface area contributed by atoms with Gasteiger partial charge in [-0.05, 0) is 54.8 Å². The number of amides is 2. The maximum atomic E-state index is 12.7. The van der Waals surface area contributed by atoms with Gasteiger partial charge in [0, 0.05) is 22.8 Å². The van der Waals surface area contributed by atoms with E-state index in [1.54, 1.807) is 24.3 Å². The van der Waals surface area contributed by atoms with Crippen molar-refractivity contribution in [3.63, 3.8) is 0 Å². The van der Waals surface area contributed by atoms with E-state index in [9.17, 15) is 23.2 Å². The molecule has 0 bridgehead atoms. The van der Waals surface area contributed by atoms with Crippen LogP contribution in [0.3, 0.4) is 0 Å². The Morgan fingerprint density at radius 2 is 1.84 bits per heavy atom. The van der Waals surface area contributed by atoms with Crippen molar-refractivity contribution in [2.24, 2.45) is 4.99 Å². The molecule has 9 nitrogen and oxygen atoms in total. The second-order valence-electron chi connectivity index (χ2n) is 9.34. The molecule has 0 radical (unpaired) electrons. The standard InChI is InChI=1S/C31H24F3N7O2S/c1-3-21-6-4-5-7-27(21)41-20(2)18-44-30(41)38-29(42)36-17-24(16-35)22-8-10-23(11-9-22)28-37-19-40(39-28)25-12-14-26(15-13-25)43-31(32,33)34/h4-15,17-19H,3H2,1-2H3,(H,36,42)/b24-17+,38-30?. The highest BCUT2D eigenvalue weighted by molar-refractivity contribution is 7.07. The summed E-state index contributed by atoms with van der Waals surface area (Å²) >= 11 is 1.35. The summed E-state index contributed by atoms with van der Waals surface area (Å²) in [4.78, 5) is 21.7. The number of hydrogen-bond donors (Lipinski definition) is 1. The van der Waals surface area contributed by atoms with Crippen LogP contribution in [0.4, 0.5) is 18.0 Å². The first kappa shape index (κ1) is 30.0. The summed E-state index contributed by atoms with van der Waals surface area (Å²) in [6, 6.07) is 21.4. The number of benzene rings is 3. The van der Waals surface area contributed by atoms with Crippen LogP contribution in [-0.4, -0.2) is 31.7 Å². The molecule has 0 fully saturated rings. The minimum absolute atomic E-state index is 0.214. The van der Waals surface area contributed by atoms with Crippen molar-refractivity contribution >= 4 is 22.9 Å². The highest BCUT2D eigenvalue weighted by atomic mass is 32.1. The Labute approximate surface area is 253 Å². The molecular weight excluding hydrogens is 591 g/mol. The third-order valence-corrected chi connectivity index (χ3v) is 7.37. The van der Waals surface area contributed by atoms with E-state index in [-0.39, 0.29) is 11.3 Å². The smallest absolute Gasteiger partial charge is 0.406 e. The second-order valence-corrected chi connectivity index (χ2v) is 10.2. The first-order valence-electron chi connectivity index (χ1n) is 13.2. The lowest BCUT2D eigenvalue weighted by atomic mass is 10.1. The predicted octanol–water partition coefficient (Wildman–Crippen LogP) is 6.73. The van der Waals surface area contributed by atoms with E-state index in [1.165, 1.54) is 52.8 Å². The number of nitrogens with zero attached hydrogens (tertiary/aromatic N) is 6. The third kappa shape index (κ3) is 6.93. The number of para-hydroxylation sites is 1. The van der Waals surface area contributed by atoms with E-state index in [1.807, 2.05) is 41.1 Å². The zero-order valence-corrected chi connectivity index (χ0v) is 24.2. The van der Waals surface area contributed by atoms with E-state index < -0.39 is 12.4 Å². The number of allylic oxidation sites excluding steroid dienone is 1. The van der Waals surface area contributed by atoms with E-state index in [0.717, 1.165) is 23.4 Å². The Morgan fingerprint density at radius 1 is 1.11 bits per heavy atom. The van der Waals surface area contributed by atoms with Crippen LogP contribution in [0.1, 0.15) is 23.7 Å². The molecule has 5 rings (SSSR count). The van der Waals surface area contributed by atoms with Crippen LogP contribution in [0.5, 0.6) is 5.75 Å². The summed E-state index contributed by atoms with van der Waals surface area (Å²) in [6.07, 6.45) is -1.20. The fourth-order valence-electron chi connectivity index (χ4n) is 4.34. The molecule has 0 aliphatic heterocycles. The van der Waals surface area contributed by atoms with Crippen molar-refractivity contribution in [2.45, 2.75) is 26.6 Å². The lowest BCUT2D eigenvalue weighted by Gasteiger charge is -2.10. The number of halogens is 3. The van der Waals surface area contributed by atoms with Gasteiger partial charge >= 0.3 is 12.4 Å². The number of rotatable bonds is 7. The van der Waals surface area contributed by atoms with Crippen molar-refractivity contribution in [1.82, 2.24) is 24.6 Å². The number of ether oxygens (including phenoxy) is 1. The van der Waals surface area contributed by atoms with Gasteiger partial charge in [-0.3, -0.25) is 4.57 Å². The molecule has 2 amide bonds. The maximum absolute atomic E-state index is 12.7. The van der Waals surface area contributed by atoms with E-state index in [0.29, 0.717) is 27.4 Å². The molecule has 2 aromatic heterocycles.